The van der Waals surface area contributed by atoms with Gasteiger partial charge in [-0.2, -0.15) is 0 Å². The first-order valence-electron chi connectivity index (χ1n) is 6.25. The topological polar surface area (TPSA) is 23.5 Å². The Morgan fingerprint density at radius 2 is 1.42 bits per heavy atom. The molecule has 2 aromatic carbocycles. The maximum absolute atomic E-state index is 9.41. The summed E-state index contributed by atoms with van der Waals surface area (Å²) in [7, 11) is 4.15. The van der Waals surface area contributed by atoms with Crippen LogP contribution in [0.25, 0.3) is 0 Å². The van der Waals surface area contributed by atoms with Gasteiger partial charge in [-0.15, -0.1) is 0 Å². The van der Waals surface area contributed by atoms with E-state index in [1.54, 1.807) is 12.1 Å². The number of likely N-dealkylation sites (N-methyl/N-ethyl adjacent to an activating group) is 1. The van der Waals surface area contributed by atoms with Crippen LogP contribution in [-0.2, 0) is 0 Å². The molecular formula is C16H18BrNO. The zero-order valence-electron chi connectivity index (χ0n) is 11.2. The Labute approximate surface area is 122 Å². The molecule has 0 heterocycles. The van der Waals surface area contributed by atoms with E-state index in [1.807, 2.05) is 12.1 Å². The molecule has 2 rings (SSSR count). The minimum Gasteiger partial charge on any atom is -0.508 e. The minimum atomic E-state index is 0.308. The second-order valence-electron chi connectivity index (χ2n) is 4.96. The molecule has 0 saturated heterocycles. The fourth-order valence-corrected chi connectivity index (χ4v) is 2.43. The summed E-state index contributed by atoms with van der Waals surface area (Å²) in [6, 6.07) is 15.9. The highest BCUT2D eigenvalue weighted by atomic mass is 79.9. The van der Waals surface area contributed by atoms with Crippen LogP contribution < -0.4 is 0 Å². The van der Waals surface area contributed by atoms with Crippen LogP contribution >= 0.6 is 15.9 Å². The molecule has 2 nitrogen and oxygen atoms in total. The van der Waals surface area contributed by atoms with Crippen molar-refractivity contribution in [1.29, 1.82) is 0 Å². The Hall–Kier alpha value is -1.32. The Morgan fingerprint density at radius 3 is 1.89 bits per heavy atom. The lowest BCUT2D eigenvalue weighted by atomic mass is 9.91. The largest absolute Gasteiger partial charge is 0.508 e. The van der Waals surface area contributed by atoms with Gasteiger partial charge in [-0.3, -0.25) is 0 Å². The molecule has 1 unspecified atom stereocenters. The van der Waals surface area contributed by atoms with Gasteiger partial charge in [-0.05, 0) is 49.5 Å². The quantitative estimate of drug-likeness (QED) is 0.925. The third-order valence-corrected chi connectivity index (χ3v) is 3.64. The van der Waals surface area contributed by atoms with E-state index in [0.717, 1.165) is 11.0 Å². The second-order valence-corrected chi connectivity index (χ2v) is 5.87. The predicted octanol–water partition coefficient (Wildman–Crippen LogP) is 3.85. The number of aromatic hydroxyl groups is 1. The molecule has 100 valence electrons. The molecule has 0 aliphatic heterocycles. The molecule has 0 aliphatic rings. The van der Waals surface area contributed by atoms with Gasteiger partial charge in [-0.1, -0.05) is 40.2 Å². The Balaban J connectivity index is 2.35. The molecule has 0 aromatic heterocycles. The van der Waals surface area contributed by atoms with Crippen LogP contribution in [0, 0.1) is 0 Å². The van der Waals surface area contributed by atoms with E-state index in [1.165, 1.54) is 11.1 Å². The number of nitrogens with zero attached hydrogens (tertiary/aromatic N) is 1. The maximum Gasteiger partial charge on any atom is 0.115 e. The van der Waals surface area contributed by atoms with Gasteiger partial charge in [0.1, 0.15) is 5.75 Å². The number of rotatable bonds is 4. The molecule has 0 aliphatic carbocycles. The van der Waals surface area contributed by atoms with E-state index in [2.05, 4.69) is 59.2 Å². The summed E-state index contributed by atoms with van der Waals surface area (Å²) in [6.45, 7) is 0.937. The van der Waals surface area contributed by atoms with Crippen molar-refractivity contribution in [2.75, 3.05) is 20.6 Å². The summed E-state index contributed by atoms with van der Waals surface area (Å²) in [5, 5.41) is 9.41. The predicted molar refractivity (Wildman–Crippen MR) is 82.6 cm³/mol. The van der Waals surface area contributed by atoms with Crippen molar-refractivity contribution in [2.45, 2.75) is 5.92 Å². The van der Waals surface area contributed by atoms with E-state index in [9.17, 15) is 5.11 Å². The number of hydrogen-bond donors (Lipinski definition) is 1. The second kappa shape index (κ2) is 6.22. The first-order chi connectivity index (χ1) is 9.06. The molecule has 19 heavy (non-hydrogen) atoms. The van der Waals surface area contributed by atoms with Crippen LogP contribution in [0.5, 0.6) is 5.75 Å². The average Bonchev–Trinajstić information content (AvgIpc) is 2.38. The molecule has 0 radical (unpaired) electrons. The Morgan fingerprint density at radius 1 is 0.947 bits per heavy atom. The van der Waals surface area contributed by atoms with Crippen LogP contribution in [0.2, 0.25) is 0 Å². The van der Waals surface area contributed by atoms with Crippen molar-refractivity contribution in [1.82, 2.24) is 4.90 Å². The maximum atomic E-state index is 9.41. The molecule has 2 aromatic rings. The van der Waals surface area contributed by atoms with Gasteiger partial charge in [-0.25, -0.2) is 0 Å². The fraction of sp³-hybridized carbons (Fsp3) is 0.250. The molecule has 0 bridgehead atoms. The molecule has 0 spiro atoms. The van der Waals surface area contributed by atoms with Crippen LogP contribution in [0.3, 0.4) is 0 Å². The fourth-order valence-electron chi connectivity index (χ4n) is 2.17. The smallest absolute Gasteiger partial charge is 0.115 e. The van der Waals surface area contributed by atoms with E-state index < -0.39 is 0 Å². The van der Waals surface area contributed by atoms with Gasteiger partial charge < -0.3 is 10.0 Å². The molecule has 3 heteroatoms. The number of hydrogen-bond acceptors (Lipinski definition) is 2. The number of halogens is 1. The Kier molecular flexibility index (Phi) is 4.61. The first kappa shape index (κ1) is 14.1. The normalized spacial score (nSPS) is 12.6. The van der Waals surface area contributed by atoms with Crippen molar-refractivity contribution in [3.63, 3.8) is 0 Å². The zero-order valence-corrected chi connectivity index (χ0v) is 12.8. The highest BCUT2D eigenvalue weighted by Crippen LogP contribution is 2.27. The Bertz CT molecular complexity index is 474. The van der Waals surface area contributed by atoms with Gasteiger partial charge >= 0.3 is 0 Å². The molecule has 0 fully saturated rings. The van der Waals surface area contributed by atoms with Crippen LogP contribution in [0.4, 0.5) is 0 Å². The summed E-state index contributed by atoms with van der Waals surface area (Å²) in [5.41, 5.74) is 2.50. The van der Waals surface area contributed by atoms with E-state index in [4.69, 9.17) is 0 Å². The van der Waals surface area contributed by atoms with Gasteiger partial charge in [0.2, 0.25) is 0 Å². The molecule has 1 atom stereocenters. The molecule has 0 amide bonds. The number of phenolic OH excluding ortho intramolecular Hbond substituents is 1. The lowest BCUT2D eigenvalue weighted by molar-refractivity contribution is 0.391. The zero-order chi connectivity index (χ0) is 13.8. The molecule has 1 N–H and O–H groups in total. The van der Waals surface area contributed by atoms with Crippen molar-refractivity contribution >= 4 is 15.9 Å². The molecule has 0 saturated carbocycles. The summed E-state index contributed by atoms with van der Waals surface area (Å²) in [4.78, 5) is 2.18. The number of phenols is 1. The third kappa shape index (κ3) is 3.82. The van der Waals surface area contributed by atoms with Crippen LogP contribution in [0.15, 0.2) is 53.0 Å². The lowest BCUT2D eigenvalue weighted by Gasteiger charge is -2.22. The summed E-state index contributed by atoms with van der Waals surface area (Å²) >= 11 is 3.47. The minimum absolute atomic E-state index is 0.308. The van der Waals surface area contributed by atoms with Crippen LogP contribution in [-0.4, -0.2) is 30.6 Å². The first-order valence-corrected chi connectivity index (χ1v) is 7.04. The van der Waals surface area contributed by atoms with Crippen molar-refractivity contribution in [2.24, 2.45) is 0 Å². The lowest BCUT2D eigenvalue weighted by Crippen LogP contribution is -2.21. The van der Waals surface area contributed by atoms with Crippen molar-refractivity contribution in [3.05, 3.63) is 64.1 Å². The van der Waals surface area contributed by atoms with Crippen LogP contribution in [0.1, 0.15) is 17.0 Å². The van der Waals surface area contributed by atoms with Crippen molar-refractivity contribution in [3.8, 4) is 5.75 Å². The molecular weight excluding hydrogens is 302 g/mol. The SMILES string of the molecule is CN(C)CC(c1ccc(O)cc1)c1ccc(Br)cc1. The van der Waals surface area contributed by atoms with E-state index in [0.29, 0.717) is 11.7 Å². The van der Waals surface area contributed by atoms with Crippen molar-refractivity contribution < 1.29 is 5.11 Å². The number of benzene rings is 2. The average molecular weight is 320 g/mol. The summed E-state index contributed by atoms with van der Waals surface area (Å²) in [6.07, 6.45) is 0. The highest BCUT2D eigenvalue weighted by Gasteiger charge is 2.15. The van der Waals surface area contributed by atoms with Gasteiger partial charge in [0.05, 0.1) is 0 Å². The van der Waals surface area contributed by atoms with Gasteiger partial charge in [0.25, 0.3) is 0 Å². The van der Waals surface area contributed by atoms with Gasteiger partial charge in [0.15, 0.2) is 0 Å². The summed E-state index contributed by atoms with van der Waals surface area (Å²) < 4.78 is 1.09. The monoisotopic (exact) mass is 319 g/mol. The third-order valence-electron chi connectivity index (χ3n) is 3.12. The highest BCUT2D eigenvalue weighted by molar-refractivity contribution is 9.10. The van der Waals surface area contributed by atoms with E-state index >= 15 is 0 Å². The standard InChI is InChI=1S/C16H18BrNO/c1-18(2)11-16(12-3-7-14(17)8-4-12)13-5-9-15(19)10-6-13/h3-10,16,19H,11H2,1-2H3. The van der Waals surface area contributed by atoms with Gasteiger partial charge in [0, 0.05) is 16.9 Å². The van der Waals surface area contributed by atoms with E-state index in [-0.39, 0.29) is 0 Å². The summed E-state index contributed by atoms with van der Waals surface area (Å²) in [5.74, 6) is 0.617.